The van der Waals surface area contributed by atoms with Crippen LogP contribution >= 0.6 is 11.3 Å². The van der Waals surface area contributed by atoms with Crippen molar-refractivity contribution in [1.82, 2.24) is 9.55 Å². The van der Waals surface area contributed by atoms with Crippen LogP contribution in [-0.4, -0.2) is 15.5 Å². The Morgan fingerprint density at radius 3 is 2.53 bits per heavy atom. The number of hydrogen-bond donors (Lipinski definition) is 1. The maximum absolute atomic E-state index is 12.3. The van der Waals surface area contributed by atoms with E-state index in [-0.39, 0.29) is 5.91 Å². The van der Waals surface area contributed by atoms with Crippen LogP contribution in [0.3, 0.4) is 0 Å². The van der Waals surface area contributed by atoms with Gasteiger partial charge >= 0.3 is 0 Å². The molecule has 4 nitrogen and oxygen atoms in total. The van der Waals surface area contributed by atoms with E-state index < -0.39 is 0 Å². The highest BCUT2D eigenvalue weighted by molar-refractivity contribution is 7.13. The molecule has 0 spiro atoms. The Labute approximate surface area is 117 Å². The van der Waals surface area contributed by atoms with E-state index in [1.165, 1.54) is 11.3 Å². The Kier molecular flexibility index (Phi) is 3.75. The fourth-order valence-electron chi connectivity index (χ4n) is 2.38. The van der Waals surface area contributed by atoms with Gasteiger partial charge in [0.15, 0.2) is 5.13 Å². The molecule has 1 N–H and O–H groups in total. The van der Waals surface area contributed by atoms with Gasteiger partial charge in [-0.3, -0.25) is 10.1 Å². The smallest absolute Gasteiger partial charge is 0.259 e. The fourth-order valence-corrected chi connectivity index (χ4v) is 3.06. The van der Waals surface area contributed by atoms with Crippen LogP contribution in [0.5, 0.6) is 0 Å². The van der Waals surface area contributed by atoms with E-state index in [4.69, 9.17) is 0 Å². The van der Waals surface area contributed by atoms with Crippen molar-refractivity contribution in [1.29, 1.82) is 0 Å². The number of nitrogens with zero attached hydrogens (tertiary/aromatic N) is 2. The summed E-state index contributed by atoms with van der Waals surface area (Å²) in [6, 6.07) is 2.29. The summed E-state index contributed by atoms with van der Waals surface area (Å²) in [5.74, 6) is -0.0886. The molecule has 0 atom stereocenters. The molecule has 0 aliphatic rings. The topological polar surface area (TPSA) is 46.9 Å². The molecule has 102 valence electrons. The number of thiazole rings is 1. The van der Waals surface area contributed by atoms with E-state index >= 15 is 0 Å². The van der Waals surface area contributed by atoms with E-state index in [1.54, 1.807) is 0 Å². The van der Waals surface area contributed by atoms with E-state index in [0.29, 0.717) is 11.2 Å². The standard InChI is InChI=1S/C14H19N3OS/c1-8(2)17-10(4)6-12(11(17)5)13(18)16-14-15-9(3)7-19-14/h6-8H,1-5H3,(H,15,16,18). The molecule has 0 aliphatic carbocycles. The molecule has 19 heavy (non-hydrogen) atoms. The number of anilines is 1. The molecule has 0 bridgehead atoms. The van der Waals surface area contributed by atoms with Crippen molar-refractivity contribution in [3.63, 3.8) is 0 Å². The molecule has 2 rings (SSSR count). The first-order chi connectivity index (χ1) is 8.90. The van der Waals surface area contributed by atoms with Crippen LogP contribution in [0.25, 0.3) is 0 Å². The molecular formula is C14H19N3OS. The quantitative estimate of drug-likeness (QED) is 0.929. The van der Waals surface area contributed by atoms with Gasteiger partial charge in [-0.25, -0.2) is 4.98 Å². The minimum atomic E-state index is -0.0886. The number of amides is 1. The minimum Gasteiger partial charge on any atom is -0.346 e. The van der Waals surface area contributed by atoms with E-state index in [2.05, 4.69) is 28.7 Å². The number of aromatic nitrogens is 2. The van der Waals surface area contributed by atoms with Crippen molar-refractivity contribution in [3.8, 4) is 0 Å². The van der Waals surface area contributed by atoms with Crippen LogP contribution in [-0.2, 0) is 0 Å². The van der Waals surface area contributed by atoms with Crippen molar-refractivity contribution in [2.75, 3.05) is 5.32 Å². The summed E-state index contributed by atoms with van der Waals surface area (Å²) in [6.07, 6.45) is 0. The van der Waals surface area contributed by atoms with Gasteiger partial charge in [0, 0.05) is 22.8 Å². The molecule has 0 unspecified atom stereocenters. The first-order valence-electron chi connectivity index (χ1n) is 6.32. The fraction of sp³-hybridized carbons (Fsp3) is 0.429. The van der Waals surface area contributed by atoms with E-state index in [9.17, 15) is 4.79 Å². The van der Waals surface area contributed by atoms with Gasteiger partial charge < -0.3 is 4.57 Å². The summed E-state index contributed by atoms with van der Waals surface area (Å²) in [4.78, 5) is 16.5. The summed E-state index contributed by atoms with van der Waals surface area (Å²) < 4.78 is 2.17. The van der Waals surface area contributed by atoms with Crippen molar-refractivity contribution < 1.29 is 4.79 Å². The zero-order valence-electron chi connectivity index (χ0n) is 11.9. The number of nitrogens with one attached hydrogen (secondary N) is 1. The summed E-state index contributed by atoms with van der Waals surface area (Å²) in [7, 11) is 0. The van der Waals surface area contributed by atoms with E-state index in [0.717, 1.165) is 22.6 Å². The highest BCUT2D eigenvalue weighted by Gasteiger charge is 2.17. The largest absolute Gasteiger partial charge is 0.346 e. The summed E-state index contributed by atoms with van der Waals surface area (Å²) in [5, 5.41) is 5.43. The zero-order chi connectivity index (χ0) is 14.2. The molecule has 0 aromatic carbocycles. The van der Waals surface area contributed by atoms with Crippen LogP contribution in [0.2, 0.25) is 0 Å². The summed E-state index contributed by atoms with van der Waals surface area (Å²) in [6.45, 7) is 10.2. The van der Waals surface area contributed by atoms with Crippen LogP contribution < -0.4 is 5.32 Å². The van der Waals surface area contributed by atoms with Crippen molar-refractivity contribution in [2.45, 2.75) is 40.7 Å². The first kappa shape index (κ1) is 13.8. The van der Waals surface area contributed by atoms with Gasteiger partial charge in [-0.05, 0) is 40.7 Å². The third kappa shape index (κ3) is 2.71. The Hall–Kier alpha value is -1.62. The van der Waals surface area contributed by atoms with Gasteiger partial charge in [-0.15, -0.1) is 11.3 Å². The number of rotatable bonds is 3. The molecule has 0 aliphatic heterocycles. The molecule has 0 fully saturated rings. The molecule has 5 heteroatoms. The predicted octanol–water partition coefficient (Wildman–Crippen LogP) is 3.70. The molecule has 2 heterocycles. The number of aryl methyl sites for hydroxylation is 2. The first-order valence-corrected chi connectivity index (χ1v) is 7.20. The highest BCUT2D eigenvalue weighted by atomic mass is 32.1. The molecule has 0 saturated carbocycles. The van der Waals surface area contributed by atoms with Crippen LogP contribution in [0, 0.1) is 20.8 Å². The minimum absolute atomic E-state index is 0.0886. The molecule has 2 aromatic rings. The lowest BCUT2D eigenvalue weighted by Crippen LogP contribution is -2.13. The highest BCUT2D eigenvalue weighted by Crippen LogP contribution is 2.22. The van der Waals surface area contributed by atoms with Gasteiger partial charge in [0.05, 0.1) is 11.3 Å². The molecular weight excluding hydrogens is 258 g/mol. The molecule has 1 amide bonds. The predicted molar refractivity (Wildman–Crippen MR) is 79.1 cm³/mol. The second-order valence-corrected chi connectivity index (χ2v) is 5.85. The van der Waals surface area contributed by atoms with Crippen molar-refractivity contribution in [3.05, 3.63) is 34.1 Å². The summed E-state index contributed by atoms with van der Waals surface area (Å²) >= 11 is 1.45. The SMILES string of the molecule is Cc1csc(NC(=O)c2cc(C)n(C(C)C)c2C)n1. The maximum atomic E-state index is 12.3. The van der Waals surface area contributed by atoms with Crippen LogP contribution in [0.15, 0.2) is 11.4 Å². The number of carbonyl (C=O) groups is 1. The maximum Gasteiger partial charge on any atom is 0.259 e. The van der Waals surface area contributed by atoms with Gasteiger partial charge in [0.1, 0.15) is 0 Å². The third-order valence-corrected chi connectivity index (χ3v) is 3.96. The second-order valence-electron chi connectivity index (χ2n) is 5.00. The third-order valence-electron chi connectivity index (χ3n) is 3.08. The van der Waals surface area contributed by atoms with Gasteiger partial charge in [-0.1, -0.05) is 0 Å². The lowest BCUT2D eigenvalue weighted by molar-refractivity contribution is 0.102. The average Bonchev–Trinajstić information content (AvgIpc) is 2.82. The lowest BCUT2D eigenvalue weighted by Gasteiger charge is -2.13. The van der Waals surface area contributed by atoms with Crippen LogP contribution in [0.1, 0.15) is 47.3 Å². The monoisotopic (exact) mass is 277 g/mol. The Morgan fingerprint density at radius 1 is 1.37 bits per heavy atom. The van der Waals surface area contributed by atoms with Crippen LogP contribution in [0.4, 0.5) is 5.13 Å². The molecule has 0 saturated heterocycles. The van der Waals surface area contributed by atoms with Gasteiger partial charge in [-0.2, -0.15) is 0 Å². The van der Waals surface area contributed by atoms with Crippen molar-refractivity contribution in [2.24, 2.45) is 0 Å². The van der Waals surface area contributed by atoms with Gasteiger partial charge in [0.2, 0.25) is 0 Å². The van der Waals surface area contributed by atoms with E-state index in [1.807, 2.05) is 32.2 Å². The van der Waals surface area contributed by atoms with Crippen molar-refractivity contribution >= 4 is 22.4 Å². The van der Waals surface area contributed by atoms with Gasteiger partial charge in [0.25, 0.3) is 5.91 Å². The average molecular weight is 277 g/mol. The normalized spacial score (nSPS) is 11.1. The Morgan fingerprint density at radius 2 is 2.05 bits per heavy atom. The molecule has 2 aromatic heterocycles. The Bertz CT molecular complexity index is 610. The second kappa shape index (κ2) is 5.17. The zero-order valence-corrected chi connectivity index (χ0v) is 12.8. The molecule has 0 radical (unpaired) electrons. The lowest BCUT2D eigenvalue weighted by atomic mass is 10.2. The Balaban J connectivity index is 2.27. The summed E-state index contributed by atoms with van der Waals surface area (Å²) in [5.41, 5.74) is 3.75. The number of hydrogen-bond acceptors (Lipinski definition) is 3. The number of carbonyl (C=O) groups excluding carboxylic acids is 1.